The lowest BCUT2D eigenvalue weighted by Crippen LogP contribution is -2.44. The van der Waals surface area contributed by atoms with Gasteiger partial charge in [0.2, 0.25) is 0 Å². The molecule has 2 aromatic rings. The Hall–Kier alpha value is -1.84. The molecule has 3 heteroatoms. The molecule has 1 fully saturated rings. The lowest BCUT2D eigenvalue weighted by molar-refractivity contribution is -0.00611. The van der Waals surface area contributed by atoms with E-state index in [-0.39, 0.29) is 5.22 Å². The molecule has 3 rings (SSSR count). The van der Waals surface area contributed by atoms with Crippen LogP contribution in [-0.4, -0.2) is 28.0 Å². The van der Waals surface area contributed by atoms with Crippen molar-refractivity contribution in [2.75, 3.05) is 13.2 Å². The summed E-state index contributed by atoms with van der Waals surface area (Å²) in [5.41, 5.74) is 1.20. The molecule has 126 valence electrons. The van der Waals surface area contributed by atoms with Gasteiger partial charge < -0.3 is 9.47 Å². The Labute approximate surface area is 147 Å². The van der Waals surface area contributed by atoms with Gasteiger partial charge in [-0.3, -0.25) is 0 Å². The second-order valence-electron chi connectivity index (χ2n) is 6.70. The standard InChI is InChI=1S/C21H26O2Si/c1-21(15-5-6-17-23-21)24-20-13-11-19(12-14-20)22-16-7-10-18-8-3-2-4-9-18/h2-4,7-14H,5-6,15-17,24H2,1H3/b10-7+. The predicted octanol–water partition coefficient (Wildman–Crippen LogP) is 3.49. The van der Waals surface area contributed by atoms with E-state index < -0.39 is 9.52 Å². The molecular formula is C21H26O2Si. The van der Waals surface area contributed by atoms with Crippen molar-refractivity contribution in [2.24, 2.45) is 0 Å². The van der Waals surface area contributed by atoms with Crippen LogP contribution < -0.4 is 9.92 Å². The molecule has 0 saturated carbocycles. The van der Waals surface area contributed by atoms with Crippen LogP contribution in [0.5, 0.6) is 5.75 Å². The fraction of sp³-hybridized carbons (Fsp3) is 0.333. The highest BCUT2D eigenvalue weighted by atomic mass is 28.2. The monoisotopic (exact) mass is 338 g/mol. The van der Waals surface area contributed by atoms with Gasteiger partial charge in [-0.05, 0) is 50.0 Å². The molecule has 0 spiro atoms. The van der Waals surface area contributed by atoms with E-state index in [2.05, 4.69) is 55.5 Å². The SMILES string of the molecule is CC1([SiH2]c2ccc(OC/C=C/c3ccccc3)cc2)CCCCO1. The molecule has 2 nitrogen and oxygen atoms in total. The van der Waals surface area contributed by atoms with Crippen molar-refractivity contribution in [3.05, 3.63) is 66.2 Å². The second-order valence-corrected chi connectivity index (χ2v) is 9.37. The zero-order chi connectivity index (χ0) is 16.7. The third-order valence-corrected chi connectivity index (χ3v) is 6.69. The summed E-state index contributed by atoms with van der Waals surface area (Å²) in [6, 6.07) is 18.9. The summed E-state index contributed by atoms with van der Waals surface area (Å²) in [6.07, 6.45) is 7.87. The van der Waals surface area contributed by atoms with Gasteiger partial charge in [0.05, 0.1) is 14.7 Å². The smallest absolute Gasteiger partial charge is 0.119 e. The Morgan fingerprint density at radius 3 is 2.58 bits per heavy atom. The Bertz CT molecular complexity index is 643. The van der Waals surface area contributed by atoms with E-state index in [0.29, 0.717) is 6.61 Å². The van der Waals surface area contributed by atoms with Gasteiger partial charge >= 0.3 is 0 Å². The fourth-order valence-electron chi connectivity index (χ4n) is 3.16. The summed E-state index contributed by atoms with van der Waals surface area (Å²) in [4.78, 5) is 0. The van der Waals surface area contributed by atoms with E-state index in [1.54, 1.807) is 0 Å². The molecule has 0 bridgehead atoms. The Morgan fingerprint density at radius 2 is 1.88 bits per heavy atom. The van der Waals surface area contributed by atoms with Crippen molar-refractivity contribution in [2.45, 2.75) is 31.4 Å². The molecule has 0 amide bonds. The van der Waals surface area contributed by atoms with Gasteiger partial charge in [-0.1, -0.05) is 53.7 Å². The Morgan fingerprint density at radius 1 is 1.08 bits per heavy atom. The topological polar surface area (TPSA) is 18.5 Å². The minimum atomic E-state index is -0.420. The quantitative estimate of drug-likeness (QED) is 0.751. The molecule has 0 radical (unpaired) electrons. The van der Waals surface area contributed by atoms with Crippen LogP contribution >= 0.6 is 0 Å². The molecule has 1 aliphatic heterocycles. The number of hydrogen-bond donors (Lipinski definition) is 0. The van der Waals surface area contributed by atoms with E-state index in [9.17, 15) is 0 Å². The summed E-state index contributed by atoms with van der Waals surface area (Å²) in [5, 5.41) is 1.59. The van der Waals surface area contributed by atoms with E-state index in [1.165, 1.54) is 30.0 Å². The van der Waals surface area contributed by atoms with Crippen LogP contribution in [-0.2, 0) is 4.74 Å². The first-order valence-corrected chi connectivity index (χ1v) is 10.2. The van der Waals surface area contributed by atoms with E-state index in [0.717, 1.165) is 12.4 Å². The van der Waals surface area contributed by atoms with Gasteiger partial charge in [0, 0.05) is 6.61 Å². The molecule has 0 N–H and O–H groups in total. The highest BCUT2D eigenvalue weighted by Crippen LogP contribution is 2.23. The highest BCUT2D eigenvalue weighted by Gasteiger charge is 2.28. The summed E-state index contributed by atoms with van der Waals surface area (Å²) >= 11 is 0. The van der Waals surface area contributed by atoms with Gasteiger partial charge in [0.15, 0.2) is 0 Å². The van der Waals surface area contributed by atoms with E-state index in [1.807, 2.05) is 18.2 Å². The highest BCUT2D eigenvalue weighted by molar-refractivity contribution is 6.56. The summed E-state index contributed by atoms with van der Waals surface area (Å²) in [5.74, 6) is 0.931. The van der Waals surface area contributed by atoms with Gasteiger partial charge in [-0.15, -0.1) is 0 Å². The average Bonchev–Trinajstić information content (AvgIpc) is 2.61. The first kappa shape index (κ1) is 17.0. The molecule has 1 aliphatic rings. The van der Waals surface area contributed by atoms with Crippen molar-refractivity contribution in [1.29, 1.82) is 0 Å². The van der Waals surface area contributed by atoms with Crippen molar-refractivity contribution >= 4 is 20.8 Å². The first-order chi connectivity index (χ1) is 11.7. The maximum absolute atomic E-state index is 6.04. The largest absolute Gasteiger partial charge is 0.490 e. The number of rotatable bonds is 6. The first-order valence-electron chi connectivity index (χ1n) is 8.81. The summed E-state index contributed by atoms with van der Waals surface area (Å²) < 4.78 is 11.8. The van der Waals surface area contributed by atoms with Crippen LogP contribution in [0.15, 0.2) is 60.7 Å². The minimum Gasteiger partial charge on any atom is -0.490 e. The average molecular weight is 339 g/mol. The zero-order valence-corrected chi connectivity index (χ0v) is 15.8. The molecule has 2 aromatic carbocycles. The third kappa shape index (κ3) is 5.08. The van der Waals surface area contributed by atoms with Crippen LogP contribution in [0.25, 0.3) is 6.08 Å². The maximum atomic E-state index is 6.04. The maximum Gasteiger partial charge on any atom is 0.119 e. The number of hydrogen-bond acceptors (Lipinski definition) is 2. The van der Waals surface area contributed by atoms with Crippen LogP contribution in [0, 0.1) is 0 Å². The molecule has 0 aliphatic carbocycles. The van der Waals surface area contributed by atoms with Gasteiger partial charge in [-0.25, -0.2) is 0 Å². The lowest BCUT2D eigenvalue weighted by Gasteiger charge is -2.33. The summed E-state index contributed by atoms with van der Waals surface area (Å²) in [6.45, 7) is 3.81. The van der Waals surface area contributed by atoms with Gasteiger partial charge in [0.25, 0.3) is 0 Å². The van der Waals surface area contributed by atoms with E-state index >= 15 is 0 Å². The van der Waals surface area contributed by atoms with Crippen molar-refractivity contribution < 1.29 is 9.47 Å². The Kier molecular flexibility index (Phi) is 5.89. The minimum absolute atomic E-state index is 0.138. The lowest BCUT2D eigenvalue weighted by atomic mass is 10.1. The molecule has 1 unspecified atom stereocenters. The predicted molar refractivity (Wildman–Crippen MR) is 104 cm³/mol. The van der Waals surface area contributed by atoms with Gasteiger partial charge in [0.1, 0.15) is 12.4 Å². The molecule has 0 aromatic heterocycles. The van der Waals surface area contributed by atoms with Gasteiger partial charge in [-0.2, -0.15) is 0 Å². The second kappa shape index (κ2) is 8.31. The molecule has 24 heavy (non-hydrogen) atoms. The normalized spacial score (nSPS) is 21.5. The fourth-order valence-corrected chi connectivity index (χ4v) is 5.17. The van der Waals surface area contributed by atoms with Crippen LogP contribution in [0.4, 0.5) is 0 Å². The van der Waals surface area contributed by atoms with Crippen LogP contribution in [0.3, 0.4) is 0 Å². The third-order valence-electron chi connectivity index (χ3n) is 4.51. The molecule has 1 saturated heterocycles. The Balaban J connectivity index is 1.48. The van der Waals surface area contributed by atoms with Crippen LogP contribution in [0.1, 0.15) is 31.7 Å². The van der Waals surface area contributed by atoms with Crippen LogP contribution in [0.2, 0.25) is 0 Å². The van der Waals surface area contributed by atoms with Crippen molar-refractivity contribution in [3.63, 3.8) is 0 Å². The summed E-state index contributed by atoms with van der Waals surface area (Å²) in [7, 11) is -0.420. The van der Waals surface area contributed by atoms with Crippen molar-refractivity contribution in [3.8, 4) is 5.75 Å². The van der Waals surface area contributed by atoms with Crippen molar-refractivity contribution in [1.82, 2.24) is 0 Å². The molecule has 1 heterocycles. The number of ether oxygens (including phenoxy) is 2. The zero-order valence-electron chi connectivity index (χ0n) is 14.4. The molecular weight excluding hydrogens is 312 g/mol. The molecule has 1 atom stereocenters. The van der Waals surface area contributed by atoms with E-state index in [4.69, 9.17) is 9.47 Å². The number of benzene rings is 2.